The van der Waals surface area contributed by atoms with Crippen molar-refractivity contribution < 1.29 is 9.53 Å². The van der Waals surface area contributed by atoms with Crippen molar-refractivity contribution in [2.75, 3.05) is 6.61 Å². The van der Waals surface area contributed by atoms with Crippen molar-refractivity contribution in [3.63, 3.8) is 0 Å². The first kappa shape index (κ1) is 17.8. The van der Waals surface area contributed by atoms with Gasteiger partial charge in [0.2, 0.25) is 0 Å². The molecule has 1 amide bonds. The highest BCUT2D eigenvalue weighted by molar-refractivity contribution is 5.98. The minimum Gasteiger partial charge on any atom is -0.494 e. The Balaban J connectivity index is 1.47. The molecular formula is C23H21N3O2. The molecule has 0 aliphatic heterocycles. The van der Waals surface area contributed by atoms with Gasteiger partial charge in [-0.15, -0.1) is 0 Å². The minimum atomic E-state index is -0.187. The van der Waals surface area contributed by atoms with Crippen LogP contribution in [0.3, 0.4) is 0 Å². The number of carbonyl (C=O) groups is 1. The number of hydrogen-bond acceptors (Lipinski definition) is 3. The van der Waals surface area contributed by atoms with Crippen LogP contribution in [-0.4, -0.2) is 22.7 Å². The first-order chi connectivity index (χ1) is 13.7. The Labute approximate surface area is 163 Å². The summed E-state index contributed by atoms with van der Waals surface area (Å²) in [6, 6.07) is 23.7. The van der Waals surface area contributed by atoms with Gasteiger partial charge in [-0.1, -0.05) is 54.6 Å². The number of ether oxygens (including phenoxy) is 1. The van der Waals surface area contributed by atoms with Crippen molar-refractivity contribution >= 4 is 16.7 Å². The molecule has 28 heavy (non-hydrogen) atoms. The molecule has 0 saturated carbocycles. The van der Waals surface area contributed by atoms with Gasteiger partial charge in [0, 0.05) is 12.1 Å². The number of hydrogen-bond donors (Lipinski definition) is 2. The van der Waals surface area contributed by atoms with Crippen LogP contribution in [0.5, 0.6) is 5.75 Å². The molecule has 0 spiro atoms. The van der Waals surface area contributed by atoms with Gasteiger partial charge in [-0.05, 0) is 41.5 Å². The Morgan fingerprint density at radius 1 is 1.04 bits per heavy atom. The summed E-state index contributed by atoms with van der Waals surface area (Å²) in [5.74, 6) is 0.638. The van der Waals surface area contributed by atoms with E-state index in [1.54, 1.807) is 6.07 Å². The maximum absolute atomic E-state index is 12.5. The number of H-pyrrole nitrogens is 1. The summed E-state index contributed by atoms with van der Waals surface area (Å²) in [4.78, 5) is 12.5. The number of nitrogens with one attached hydrogen (secondary N) is 2. The first-order valence-corrected chi connectivity index (χ1v) is 9.28. The molecule has 0 bridgehead atoms. The van der Waals surface area contributed by atoms with Crippen LogP contribution >= 0.6 is 0 Å². The Hall–Kier alpha value is -3.60. The second kappa shape index (κ2) is 7.96. The van der Waals surface area contributed by atoms with Gasteiger partial charge in [0.05, 0.1) is 12.3 Å². The molecule has 0 aliphatic rings. The van der Waals surface area contributed by atoms with Gasteiger partial charge in [0.15, 0.2) is 0 Å². The van der Waals surface area contributed by atoms with E-state index in [4.69, 9.17) is 4.74 Å². The van der Waals surface area contributed by atoms with Gasteiger partial charge in [0.1, 0.15) is 11.4 Å². The Morgan fingerprint density at radius 3 is 2.64 bits per heavy atom. The average Bonchev–Trinajstić information content (AvgIpc) is 3.23. The second-order valence-corrected chi connectivity index (χ2v) is 6.45. The summed E-state index contributed by atoms with van der Waals surface area (Å²) in [6.45, 7) is 3.02. The minimum absolute atomic E-state index is 0.187. The molecule has 5 nitrogen and oxygen atoms in total. The third-order valence-electron chi connectivity index (χ3n) is 4.58. The molecular weight excluding hydrogens is 350 g/mol. The lowest BCUT2D eigenvalue weighted by Gasteiger charge is -2.06. The van der Waals surface area contributed by atoms with E-state index in [0.717, 1.165) is 33.3 Å². The highest BCUT2D eigenvalue weighted by Crippen LogP contribution is 2.27. The van der Waals surface area contributed by atoms with Crippen LogP contribution in [0.1, 0.15) is 23.0 Å². The van der Waals surface area contributed by atoms with E-state index in [1.807, 2.05) is 55.5 Å². The zero-order valence-corrected chi connectivity index (χ0v) is 15.6. The maximum Gasteiger partial charge on any atom is 0.269 e. The first-order valence-electron chi connectivity index (χ1n) is 9.28. The Morgan fingerprint density at radius 2 is 1.82 bits per heavy atom. The predicted octanol–water partition coefficient (Wildman–Crippen LogP) is 4.56. The van der Waals surface area contributed by atoms with Gasteiger partial charge < -0.3 is 10.1 Å². The van der Waals surface area contributed by atoms with Crippen LogP contribution in [0.4, 0.5) is 0 Å². The summed E-state index contributed by atoms with van der Waals surface area (Å²) < 4.78 is 5.43. The fourth-order valence-corrected chi connectivity index (χ4v) is 3.17. The summed E-state index contributed by atoms with van der Waals surface area (Å²) in [5.41, 5.74) is 3.20. The van der Waals surface area contributed by atoms with E-state index >= 15 is 0 Å². The highest BCUT2D eigenvalue weighted by Gasteiger charge is 2.12. The van der Waals surface area contributed by atoms with E-state index in [1.165, 1.54) is 0 Å². The topological polar surface area (TPSA) is 67.0 Å². The molecule has 1 aromatic heterocycles. The normalized spacial score (nSPS) is 10.8. The SMILES string of the molecule is CCOc1ccc(CNC(=O)c2cc(-c3cccc4ccccc34)n[nH]2)cc1. The zero-order chi connectivity index (χ0) is 19.3. The van der Waals surface area contributed by atoms with Crippen LogP contribution < -0.4 is 10.1 Å². The van der Waals surface area contributed by atoms with E-state index in [-0.39, 0.29) is 5.91 Å². The molecule has 2 N–H and O–H groups in total. The molecule has 4 rings (SSSR count). The van der Waals surface area contributed by atoms with Gasteiger partial charge in [-0.2, -0.15) is 5.10 Å². The van der Waals surface area contributed by atoms with Gasteiger partial charge in [0.25, 0.3) is 5.91 Å². The van der Waals surface area contributed by atoms with Crippen molar-refractivity contribution in [1.29, 1.82) is 0 Å². The number of benzene rings is 3. The van der Waals surface area contributed by atoms with E-state index < -0.39 is 0 Å². The lowest BCUT2D eigenvalue weighted by Crippen LogP contribution is -2.23. The molecule has 1 heterocycles. The summed E-state index contributed by atoms with van der Waals surface area (Å²) in [6.07, 6.45) is 0. The fraction of sp³-hybridized carbons (Fsp3) is 0.130. The average molecular weight is 371 g/mol. The number of amides is 1. The van der Waals surface area contributed by atoms with Gasteiger partial charge in [-0.3, -0.25) is 9.89 Å². The largest absolute Gasteiger partial charge is 0.494 e. The number of fused-ring (bicyclic) bond motifs is 1. The second-order valence-electron chi connectivity index (χ2n) is 6.45. The molecule has 5 heteroatoms. The molecule has 0 unspecified atom stereocenters. The number of nitrogens with zero attached hydrogens (tertiary/aromatic N) is 1. The van der Waals surface area contributed by atoms with Crippen molar-refractivity contribution in [2.24, 2.45) is 0 Å². The van der Waals surface area contributed by atoms with Crippen molar-refractivity contribution in [2.45, 2.75) is 13.5 Å². The fourth-order valence-electron chi connectivity index (χ4n) is 3.17. The number of aromatic nitrogens is 2. The Bertz CT molecular complexity index is 1100. The maximum atomic E-state index is 12.5. The van der Waals surface area contributed by atoms with Crippen LogP contribution in [0, 0.1) is 0 Å². The lowest BCUT2D eigenvalue weighted by atomic mass is 10.0. The highest BCUT2D eigenvalue weighted by atomic mass is 16.5. The van der Waals surface area contributed by atoms with Crippen molar-refractivity contribution in [3.8, 4) is 17.0 Å². The third kappa shape index (κ3) is 3.74. The predicted molar refractivity (Wildman–Crippen MR) is 110 cm³/mol. The number of aromatic amines is 1. The number of rotatable bonds is 6. The summed E-state index contributed by atoms with van der Waals surface area (Å²) >= 11 is 0. The molecule has 0 fully saturated rings. The molecule has 0 radical (unpaired) electrons. The molecule has 4 aromatic rings. The smallest absolute Gasteiger partial charge is 0.269 e. The quantitative estimate of drug-likeness (QED) is 0.522. The standard InChI is InChI=1S/C23H21N3O2/c1-2-28-18-12-10-16(11-13-18)15-24-23(27)22-14-21(25-26-22)20-9-5-7-17-6-3-4-8-19(17)20/h3-14H,2,15H2,1H3,(H,24,27)(H,25,26). The molecule has 3 aromatic carbocycles. The van der Waals surface area contributed by atoms with Crippen LogP contribution in [0.2, 0.25) is 0 Å². The summed E-state index contributed by atoms with van der Waals surface area (Å²) in [5, 5.41) is 12.4. The van der Waals surface area contributed by atoms with Crippen molar-refractivity contribution in [3.05, 3.63) is 84.1 Å². The van der Waals surface area contributed by atoms with E-state index in [9.17, 15) is 4.79 Å². The van der Waals surface area contributed by atoms with Crippen molar-refractivity contribution in [1.82, 2.24) is 15.5 Å². The zero-order valence-electron chi connectivity index (χ0n) is 15.6. The van der Waals surface area contributed by atoms with Crippen LogP contribution in [0.25, 0.3) is 22.0 Å². The number of carbonyl (C=O) groups excluding carboxylic acids is 1. The van der Waals surface area contributed by atoms with E-state index in [2.05, 4.69) is 33.7 Å². The van der Waals surface area contributed by atoms with Crippen LogP contribution in [0.15, 0.2) is 72.8 Å². The van der Waals surface area contributed by atoms with E-state index in [0.29, 0.717) is 18.8 Å². The van der Waals surface area contributed by atoms with Gasteiger partial charge in [-0.25, -0.2) is 0 Å². The monoisotopic (exact) mass is 371 g/mol. The molecule has 140 valence electrons. The lowest BCUT2D eigenvalue weighted by molar-refractivity contribution is 0.0946. The molecule has 0 saturated heterocycles. The molecule has 0 atom stereocenters. The van der Waals surface area contributed by atoms with Gasteiger partial charge >= 0.3 is 0 Å². The summed E-state index contributed by atoms with van der Waals surface area (Å²) in [7, 11) is 0. The Kier molecular flexibility index (Phi) is 5.06. The van der Waals surface area contributed by atoms with Crippen LogP contribution in [-0.2, 0) is 6.54 Å². The third-order valence-corrected chi connectivity index (χ3v) is 4.58. The molecule has 0 aliphatic carbocycles.